The molecule has 4 aromatic rings. The van der Waals surface area contributed by atoms with Gasteiger partial charge in [-0.15, -0.1) is 0 Å². The van der Waals surface area contributed by atoms with Gasteiger partial charge < -0.3 is 14.5 Å². The smallest absolute Gasteiger partial charge is 0.252 e. The molecule has 5 rings (SSSR count). The van der Waals surface area contributed by atoms with Gasteiger partial charge in [-0.05, 0) is 73.7 Å². The van der Waals surface area contributed by atoms with E-state index in [0.717, 1.165) is 33.2 Å². The standard InChI is InChI=1S/C29H30N2O5S/c1-19-14-21(3)25-16-23(29(32)30-26(25)15-19)18-31(11-10-22-7-5-4-6-20(22)2)37(33,34)24-8-9-27-28(17-24)36-13-12-35-27/h4-9,14-17H,10-13,18H2,1-3H3,(H,30,32). The summed E-state index contributed by atoms with van der Waals surface area (Å²) in [5, 5.41) is 0.899. The number of aromatic nitrogens is 1. The zero-order valence-corrected chi connectivity index (χ0v) is 22.0. The number of nitrogens with zero attached hydrogens (tertiary/aromatic N) is 1. The molecule has 0 fully saturated rings. The van der Waals surface area contributed by atoms with Gasteiger partial charge in [0.15, 0.2) is 11.5 Å². The van der Waals surface area contributed by atoms with Gasteiger partial charge in [0.1, 0.15) is 13.2 Å². The number of hydrogen-bond donors (Lipinski definition) is 1. The number of aromatic amines is 1. The van der Waals surface area contributed by atoms with Crippen LogP contribution in [0.2, 0.25) is 0 Å². The molecule has 192 valence electrons. The van der Waals surface area contributed by atoms with Gasteiger partial charge in [-0.25, -0.2) is 8.42 Å². The van der Waals surface area contributed by atoms with E-state index >= 15 is 0 Å². The molecule has 1 aromatic heterocycles. The third kappa shape index (κ3) is 5.12. The summed E-state index contributed by atoms with van der Waals surface area (Å²) >= 11 is 0. The molecule has 7 nitrogen and oxygen atoms in total. The second-order valence-electron chi connectivity index (χ2n) is 9.49. The Morgan fingerprint density at radius 2 is 1.62 bits per heavy atom. The second kappa shape index (κ2) is 10.0. The quantitative estimate of drug-likeness (QED) is 0.385. The number of hydrogen-bond acceptors (Lipinski definition) is 5. The van der Waals surface area contributed by atoms with Crippen LogP contribution >= 0.6 is 0 Å². The number of ether oxygens (including phenoxy) is 2. The number of rotatable bonds is 7. The number of fused-ring (bicyclic) bond motifs is 2. The van der Waals surface area contributed by atoms with Crippen LogP contribution in [0.5, 0.6) is 11.5 Å². The largest absolute Gasteiger partial charge is 0.486 e. The van der Waals surface area contributed by atoms with Gasteiger partial charge in [0.25, 0.3) is 5.56 Å². The number of pyridine rings is 1. The van der Waals surface area contributed by atoms with E-state index in [1.165, 1.54) is 16.4 Å². The van der Waals surface area contributed by atoms with Crippen molar-refractivity contribution in [2.45, 2.75) is 38.6 Å². The van der Waals surface area contributed by atoms with Crippen molar-refractivity contribution in [3.8, 4) is 11.5 Å². The van der Waals surface area contributed by atoms with Crippen molar-refractivity contribution in [3.63, 3.8) is 0 Å². The highest BCUT2D eigenvalue weighted by molar-refractivity contribution is 7.89. The molecule has 8 heteroatoms. The van der Waals surface area contributed by atoms with Crippen LogP contribution < -0.4 is 15.0 Å². The zero-order valence-electron chi connectivity index (χ0n) is 21.2. The van der Waals surface area contributed by atoms with Crippen molar-refractivity contribution < 1.29 is 17.9 Å². The van der Waals surface area contributed by atoms with E-state index in [1.54, 1.807) is 6.07 Å². The van der Waals surface area contributed by atoms with E-state index in [1.807, 2.05) is 63.2 Å². The first-order valence-corrected chi connectivity index (χ1v) is 13.7. The highest BCUT2D eigenvalue weighted by Crippen LogP contribution is 2.33. The molecule has 0 bridgehead atoms. The molecule has 0 saturated carbocycles. The summed E-state index contributed by atoms with van der Waals surface area (Å²) in [7, 11) is -3.96. The Kier molecular flexibility index (Phi) is 6.79. The predicted molar refractivity (Wildman–Crippen MR) is 144 cm³/mol. The van der Waals surface area contributed by atoms with Crippen LogP contribution in [0.4, 0.5) is 0 Å². The van der Waals surface area contributed by atoms with Gasteiger partial charge in [0.05, 0.1) is 4.90 Å². The van der Waals surface area contributed by atoms with Crippen molar-refractivity contribution >= 4 is 20.9 Å². The highest BCUT2D eigenvalue weighted by Gasteiger charge is 2.28. The van der Waals surface area contributed by atoms with Gasteiger partial charge in [-0.3, -0.25) is 4.79 Å². The van der Waals surface area contributed by atoms with E-state index in [0.29, 0.717) is 36.7 Å². The molecule has 0 unspecified atom stereocenters. The maximum atomic E-state index is 13.9. The summed E-state index contributed by atoms with van der Waals surface area (Å²) in [6, 6.07) is 18.3. The van der Waals surface area contributed by atoms with Crippen molar-refractivity contribution in [1.82, 2.24) is 9.29 Å². The number of sulfonamides is 1. The average molecular weight is 519 g/mol. The van der Waals surface area contributed by atoms with Gasteiger partial charge in [-0.2, -0.15) is 4.31 Å². The molecule has 0 radical (unpaired) electrons. The summed E-state index contributed by atoms with van der Waals surface area (Å²) in [5.41, 5.74) is 5.06. The van der Waals surface area contributed by atoms with Crippen molar-refractivity contribution in [2.75, 3.05) is 19.8 Å². The maximum absolute atomic E-state index is 13.9. The molecule has 2 heterocycles. The fraction of sp³-hybridized carbons (Fsp3) is 0.276. The van der Waals surface area contributed by atoms with Crippen LogP contribution in [0.3, 0.4) is 0 Å². The number of benzene rings is 3. The number of H-pyrrole nitrogens is 1. The first-order chi connectivity index (χ1) is 17.7. The van der Waals surface area contributed by atoms with Gasteiger partial charge in [0.2, 0.25) is 10.0 Å². The molecule has 0 aliphatic carbocycles. The summed E-state index contributed by atoms with van der Waals surface area (Å²) in [6.07, 6.45) is 0.514. The molecule has 0 saturated heterocycles. The Balaban J connectivity index is 1.54. The second-order valence-corrected chi connectivity index (χ2v) is 11.4. The van der Waals surface area contributed by atoms with Crippen molar-refractivity contribution in [1.29, 1.82) is 0 Å². The normalized spacial score (nSPS) is 13.3. The van der Waals surface area contributed by atoms with E-state index in [2.05, 4.69) is 4.98 Å². The van der Waals surface area contributed by atoms with E-state index in [9.17, 15) is 13.2 Å². The fourth-order valence-corrected chi connectivity index (χ4v) is 6.21. The molecule has 3 aromatic carbocycles. The minimum atomic E-state index is -3.96. The van der Waals surface area contributed by atoms with Crippen LogP contribution in [0.25, 0.3) is 10.9 Å². The molecular formula is C29H30N2O5S. The Morgan fingerprint density at radius 1 is 0.865 bits per heavy atom. The zero-order chi connectivity index (χ0) is 26.2. The van der Waals surface area contributed by atoms with Gasteiger partial charge in [-0.1, -0.05) is 30.3 Å². The minimum absolute atomic E-state index is 0.0543. The monoisotopic (exact) mass is 518 g/mol. The summed E-state index contributed by atoms with van der Waals surface area (Å²) < 4.78 is 40.4. The lowest BCUT2D eigenvalue weighted by Gasteiger charge is -2.24. The molecule has 37 heavy (non-hydrogen) atoms. The number of aryl methyl sites for hydroxylation is 3. The van der Waals surface area contributed by atoms with Crippen molar-refractivity contribution in [3.05, 3.63) is 98.8 Å². The lowest BCUT2D eigenvalue weighted by atomic mass is 10.0. The van der Waals surface area contributed by atoms with Crippen LogP contribution in [-0.2, 0) is 23.0 Å². The highest BCUT2D eigenvalue weighted by atomic mass is 32.2. The maximum Gasteiger partial charge on any atom is 0.252 e. The first kappa shape index (κ1) is 25.0. The molecule has 1 aliphatic heterocycles. The molecule has 1 N–H and O–H groups in total. The molecular weight excluding hydrogens is 488 g/mol. The third-order valence-electron chi connectivity index (χ3n) is 6.78. The van der Waals surface area contributed by atoms with Crippen LogP contribution in [-0.4, -0.2) is 37.5 Å². The Morgan fingerprint density at radius 3 is 2.41 bits per heavy atom. The minimum Gasteiger partial charge on any atom is -0.486 e. The summed E-state index contributed by atoms with van der Waals surface area (Å²) in [5.74, 6) is 0.925. The predicted octanol–water partition coefficient (Wildman–Crippen LogP) is 4.66. The van der Waals surface area contributed by atoms with Crippen LogP contribution in [0, 0.1) is 20.8 Å². The lowest BCUT2D eigenvalue weighted by Crippen LogP contribution is -2.34. The molecule has 0 amide bonds. The number of nitrogens with one attached hydrogen (secondary N) is 1. The molecule has 0 spiro atoms. The van der Waals surface area contributed by atoms with Crippen molar-refractivity contribution in [2.24, 2.45) is 0 Å². The topological polar surface area (TPSA) is 88.7 Å². The van der Waals surface area contributed by atoms with Gasteiger partial charge in [0, 0.05) is 35.6 Å². The summed E-state index contributed by atoms with van der Waals surface area (Å²) in [6.45, 7) is 6.91. The van der Waals surface area contributed by atoms with E-state index < -0.39 is 10.0 Å². The van der Waals surface area contributed by atoms with E-state index in [4.69, 9.17) is 9.47 Å². The summed E-state index contributed by atoms with van der Waals surface area (Å²) in [4.78, 5) is 16.1. The lowest BCUT2D eigenvalue weighted by molar-refractivity contribution is 0.171. The SMILES string of the molecule is Cc1cc(C)c2cc(CN(CCc3ccccc3C)S(=O)(=O)c3ccc4c(c3)OCCO4)c(=O)[nH]c2c1. The third-order valence-corrected chi connectivity index (χ3v) is 8.62. The van der Waals surface area contributed by atoms with Gasteiger partial charge >= 0.3 is 0 Å². The average Bonchev–Trinajstić information content (AvgIpc) is 2.87. The van der Waals surface area contributed by atoms with Crippen LogP contribution in [0.1, 0.15) is 27.8 Å². The fourth-order valence-electron chi connectivity index (χ4n) is 4.78. The Hall–Kier alpha value is -3.62. The molecule has 1 aliphatic rings. The van der Waals surface area contributed by atoms with Crippen LogP contribution in [0.15, 0.2) is 70.4 Å². The Labute approximate surface area is 216 Å². The first-order valence-electron chi connectivity index (χ1n) is 12.3. The Bertz CT molecular complexity index is 1640. The van der Waals surface area contributed by atoms with E-state index in [-0.39, 0.29) is 23.5 Å². The molecule has 0 atom stereocenters.